The number of hydrogen-bond acceptors (Lipinski definition) is 2. The van der Waals surface area contributed by atoms with Crippen LogP contribution in [0.25, 0.3) is 0 Å². The van der Waals surface area contributed by atoms with E-state index in [4.69, 9.17) is 11.6 Å². The quantitative estimate of drug-likeness (QED) is 0.863. The van der Waals surface area contributed by atoms with E-state index in [1.807, 2.05) is 42.5 Å². The lowest BCUT2D eigenvalue weighted by Gasteiger charge is -2.17. The van der Waals surface area contributed by atoms with Gasteiger partial charge in [0.05, 0.1) is 0 Å². The third kappa shape index (κ3) is 4.73. The van der Waals surface area contributed by atoms with Crippen molar-refractivity contribution in [3.8, 4) is 0 Å². The highest BCUT2D eigenvalue weighted by molar-refractivity contribution is 6.30. The first-order valence-corrected chi connectivity index (χ1v) is 8.61. The lowest BCUT2D eigenvalue weighted by Crippen LogP contribution is -2.38. The summed E-state index contributed by atoms with van der Waals surface area (Å²) in [5, 5.41) is 6.31. The number of carbonyl (C=O) groups is 2. The summed E-state index contributed by atoms with van der Waals surface area (Å²) in [6, 6.07) is 16.7. The molecule has 5 nitrogen and oxygen atoms in total. The molecule has 1 saturated heterocycles. The fourth-order valence-corrected chi connectivity index (χ4v) is 2.99. The van der Waals surface area contributed by atoms with Gasteiger partial charge in [-0.05, 0) is 29.8 Å². The van der Waals surface area contributed by atoms with Crippen molar-refractivity contribution in [2.75, 3.05) is 18.0 Å². The van der Waals surface area contributed by atoms with Gasteiger partial charge in [-0.1, -0.05) is 41.9 Å². The largest absolute Gasteiger partial charge is 0.338 e. The number of anilines is 1. The van der Waals surface area contributed by atoms with Crippen LogP contribution in [0.15, 0.2) is 54.6 Å². The van der Waals surface area contributed by atoms with Crippen molar-refractivity contribution in [2.24, 2.45) is 5.92 Å². The van der Waals surface area contributed by atoms with E-state index < -0.39 is 0 Å². The highest BCUT2D eigenvalue weighted by Gasteiger charge is 2.30. The highest BCUT2D eigenvalue weighted by atomic mass is 35.5. The molecule has 0 unspecified atom stereocenters. The standard InChI is InChI=1S/C19H20ClN3O2/c20-16-6-8-17(9-7-16)23-13-15(10-18(23)24)12-22-19(25)21-11-14-4-2-1-3-5-14/h1-9,15H,10-13H2,(H2,21,22,25)/t15-/m0/s1. The summed E-state index contributed by atoms with van der Waals surface area (Å²) in [4.78, 5) is 25.8. The minimum Gasteiger partial charge on any atom is -0.338 e. The van der Waals surface area contributed by atoms with E-state index in [0.717, 1.165) is 11.3 Å². The molecule has 3 rings (SSSR count). The van der Waals surface area contributed by atoms with E-state index in [1.165, 1.54) is 0 Å². The van der Waals surface area contributed by atoms with Crippen molar-refractivity contribution >= 4 is 29.2 Å². The first-order valence-electron chi connectivity index (χ1n) is 8.23. The van der Waals surface area contributed by atoms with Gasteiger partial charge in [-0.15, -0.1) is 0 Å². The molecule has 2 aromatic rings. The molecular formula is C19H20ClN3O2. The summed E-state index contributed by atoms with van der Waals surface area (Å²) >= 11 is 5.88. The monoisotopic (exact) mass is 357 g/mol. The normalized spacial score (nSPS) is 16.8. The Balaban J connectivity index is 1.45. The summed E-state index contributed by atoms with van der Waals surface area (Å²) in [5.41, 5.74) is 1.88. The van der Waals surface area contributed by atoms with Crippen LogP contribution in [0.2, 0.25) is 5.02 Å². The van der Waals surface area contributed by atoms with E-state index in [-0.39, 0.29) is 17.9 Å². The maximum absolute atomic E-state index is 12.2. The van der Waals surface area contributed by atoms with Crippen molar-refractivity contribution in [2.45, 2.75) is 13.0 Å². The Bertz CT molecular complexity index is 734. The minimum absolute atomic E-state index is 0.0683. The van der Waals surface area contributed by atoms with Gasteiger partial charge in [-0.2, -0.15) is 0 Å². The van der Waals surface area contributed by atoms with Gasteiger partial charge in [0.25, 0.3) is 0 Å². The number of benzene rings is 2. The van der Waals surface area contributed by atoms with E-state index in [2.05, 4.69) is 10.6 Å². The first-order chi connectivity index (χ1) is 12.1. The Morgan fingerprint density at radius 3 is 2.52 bits per heavy atom. The van der Waals surface area contributed by atoms with E-state index in [0.29, 0.717) is 31.1 Å². The second-order valence-electron chi connectivity index (χ2n) is 6.10. The van der Waals surface area contributed by atoms with Gasteiger partial charge in [0, 0.05) is 42.7 Å². The number of carbonyl (C=O) groups excluding carboxylic acids is 2. The highest BCUT2D eigenvalue weighted by Crippen LogP contribution is 2.25. The Morgan fingerprint density at radius 2 is 1.80 bits per heavy atom. The molecule has 0 aromatic heterocycles. The molecule has 1 heterocycles. The molecule has 0 bridgehead atoms. The van der Waals surface area contributed by atoms with Gasteiger partial charge < -0.3 is 15.5 Å². The van der Waals surface area contributed by atoms with E-state index >= 15 is 0 Å². The van der Waals surface area contributed by atoms with E-state index in [1.54, 1.807) is 17.0 Å². The summed E-state index contributed by atoms with van der Waals surface area (Å²) in [7, 11) is 0. The third-order valence-corrected chi connectivity index (χ3v) is 4.44. The molecule has 130 valence electrons. The van der Waals surface area contributed by atoms with Crippen LogP contribution < -0.4 is 15.5 Å². The molecule has 1 fully saturated rings. The molecule has 0 aliphatic carbocycles. The second-order valence-corrected chi connectivity index (χ2v) is 6.54. The van der Waals surface area contributed by atoms with Crippen LogP contribution >= 0.6 is 11.6 Å². The van der Waals surface area contributed by atoms with Gasteiger partial charge in [0.1, 0.15) is 0 Å². The summed E-state index contributed by atoms with van der Waals surface area (Å²) in [6.45, 7) is 1.54. The molecule has 2 aromatic carbocycles. The molecule has 0 saturated carbocycles. The van der Waals surface area contributed by atoms with Gasteiger partial charge >= 0.3 is 6.03 Å². The zero-order valence-electron chi connectivity index (χ0n) is 13.7. The molecule has 6 heteroatoms. The van der Waals surface area contributed by atoms with Gasteiger partial charge in [-0.25, -0.2) is 4.79 Å². The molecular weight excluding hydrogens is 338 g/mol. The minimum atomic E-state index is -0.221. The SMILES string of the molecule is O=C(NCc1ccccc1)NC[C@@H]1CC(=O)N(c2ccc(Cl)cc2)C1. The maximum Gasteiger partial charge on any atom is 0.315 e. The molecule has 0 radical (unpaired) electrons. The maximum atomic E-state index is 12.2. The van der Waals surface area contributed by atoms with Crippen LogP contribution in [0.1, 0.15) is 12.0 Å². The van der Waals surface area contributed by atoms with Gasteiger partial charge in [0.2, 0.25) is 5.91 Å². The summed E-state index contributed by atoms with van der Waals surface area (Å²) in [5.74, 6) is 0.171. The lowest BCUT2D eigenvalue weighted by molar-refractivity contribution is -0.117. The Labute approximate surface area is 152 Å². The Morgan fingerprint density at radius 1 is 1.08 bits per heavy atom. The van der Waals surface area contributed by atoms with Crippen LogP contribution in [0.5, 0.6) is 0 Å². The Kier molecular flexibility index (Phi) is 5.56. The molecule has 1 aliphatic rings. The van der Waals surface area contributed by atoms with Crippen molar-refractivity contribution in [3.05, 3.63) is 65.2 Å². The molecule has 25 heavy (non-hydrogen) atoms. The van der Waals surface area contributed by atoms with Crippen LogP contribution in [0, 0.1) is 5.92 Å². The molecule has 1 aliphatic heterocycles. The van der Waals surface area contributed by atoms with Crippen molar-refractivity contribution in [3.63, 3.8) is 0 Å². The molecule has 2 N–H and O–H groups in total. The van der Waals surface area contributed by atoms with Crippen molar-refractivity contribution in [1.29, 1.82) is 0 Å². The van der Waals surface area contributed by atoms with Crippen LogP contribution in [0.3, 0.4) is 0 Å². The van der Waals surface area contributed by atoms with Crippen LogP contribution in [0.4, 0.5) is 10.5 Å². The zero-order valence-corrected chi connectivity index (χ0v) is 14.5. The average Bonchev–Trinajstić information content (AvgIpc) is 3.00. The average molecular weight is 358 g/mol. The van der Waals surface area contributed by atoms with Crippen molar-refractivity contribution < 1.29 is 9.59 Å². The topological polar surface area (TPSA) is 61.4 Å². The summed E-state index contributed by atoms with van der Waals surface area (Å²) < 4.78 is 0. The van der Waals surface area contributed by atoms with Crippen molar-refractivity contribution in [1.82, 2.24) is 10.6 Å². The Hall–Kier alpha value is -2.53. The third-order valence-electron chi connectivity index (χ3n) is 4.19. The zero-order chi connectivity index (χ0) is 17.6. The summed E-state index contributed by atoms with van der Waals surface area (Å²) in [6.07, 6.45) is 0.432. The molecule has 3 amide bonds. The number of halogens is 1. The second kappa shape index (κ2) is 8.03. The predicted octanol–water partition coefficient (Wildman–Crippen LogP) is 3.19. The van der Waals surface area contributed by atoms with E-state index in [9.17, 15) is 9.59 Å². The van der Waals surface area contributed by atoms with Gasteiger partial charge in [-0.3, -0.25) is 4.79 Å². The first kappa shape index (κ1) is 17.3. The van der Waals surface area contributed by atoms with Gasteiger partial charge in [0.15, 0.2) is 0 Å². The lowest BCUT2D eigenvalue weighted by atomic mass is 10.1. The number of hydrogen-bond donors (Lipinski definition) is 2. The predicted molar refractivity (Wildman–Crippen MR) is 98.6 cm³/mol. The number of amides is 3. The number of nitrogens with one attached hydrogen (secondary N) is 2. The molecule has 1 atom stereocenters. The number of urea groups is 1. The van der Waals surface area contributed by atoms with Crippen LogP contribution in [-0.4, -0.2) is 25.0 Å². The number of nitrogens with zero attached hydrogens (tertiary/aromatic N) is 1. The molecule has 0 spiro atoms. The smallest absolute Gasteiger partial charge is 0.315 e. The fraction of sp³-hybridized carbons (Fsp3) is 0.263. The van der Waals surface area contributed by atoms with Crippen LogP contribution in [-0.2, 0) is 11.3 Å². The fourth-order valence-electron chi connectivity index (χ4n) is 2.87. The number of rotatable bonds is 5.